The van der Waals surface area contributed by atoms with Crippen LogP contribution in [0.4, 0.5) is 0 Å². The fraction of sp³-hybridized carbons (Fsp3) is 0.792. The molecule has 312 valence electrons. The largest absolute Gasteiger partial charge is 4.00 e. The van der Waals surface area contributed by atoms with Crippen molar-refractivity contribution in [1.29, 1.82) is 0 Å². The Morgan fingerprint density at radius 1 is 0.389 bits per heavy atom. The van der Waals surface area contributed by atoms with Crippen LogP contribution in [0.25, 0.3) is 0 Å². The van der Waals surface area contributed by atoms with E-state index in [2.05, 4.69) is 37.7 Å². The van der Waals surface area contributed by atoms with E-state index in [1.165, 1.54) is 51.4 Å². The Morgan fingerprint density at radius 2 is 0.574 bits per heavy atom. The molecule has 8 rings (SSSR count). The fourth-order valence-electron chi connectivity index (χ4n) is 15.2. The average Bonchev–Trinajstić information content (AvgIpc) is 3.93. The van der Waals surface area contributed by atoms with Gasteiger partial charge in [-0.1, -0.05) is 167 Å². The maximum Gasteiger partial charge on any atom is 4.00 e. The number of halogens is 2. The third-order valence-corrected chi connectivity index (χ3v) is 28.4. The van der Waals surface area contributed by atoms with Crippen LogP contribution in [-0.2, 0) is 47.1 Å². The standard InChI is InChI=1S/2C21H36Si.6CH3.2ClH.2Zr/c2*1-3-22(2,20-14-12-16-8-4-6-10-18(16)20)21-15-13-17-9-5-7-11-19(17)21;;;;;;;;;;/h2*3,16-21H,1,4-15H2,2H3;6*1H3;2*1H;;/q;;6*-1;;;2*+4/p-2. The Labute approximate surface area is 382 Å². The number of hydrogen-bond donors (Lipinski definition) is 0. The first-order valence-corrected chi connectivity index (χ1v) is 32.9. The maximum absolute atomic E-state index is 4.93. The van der Waals surface area contributed by atoms with Crippen molar-refractivity contribution in [1.82, 2.24) is 0 Å². The summed E-state index contributed by atoms with van der Waals surface area (Å²) in [6.45, 7) is 14.5. The van der Waals surface area contributed by atoms with Gasteiger partial charge in [-0.15, -0.1) is 24.6 Å². The molecule has 0 saturated heterocycles. The summed E-state index contributed by atoms with van der Waals surface area (Å²) in [6.07, 6.45) is 37.2. The van der Waals surface area contributed by atoms with Gasteiger partial charge in [0.15, 0.2) is 0 Å². The Kier molecular flexibility index (Phi) is 29.5. The zero-order valence-corrected chi connectivity index (χ0v) is 45.7. The van der Waals surface area contributed by atoms with Crippen molar-refractivity contribution in [2.24, 2.45) is 47.3 Å². The van der Waals surface area contributed by atoms with E-state index in [4.69, 9.17) is 17.0 Å². The Morgan fingerprint density at radius 3 is 0.759 bits per heavy atom. The van der Waals surface area contributed by atoms with E-state index < -0.39 is 37.0 Å². The molecule has 12 atom stereocenters. The molecule has 54 heavy (non-hydrogen) atoms. The molecule has 0 spiro atoms. The molecule has 0 aromatic heterocycles. The van der Waals surface area contributed by atoms with Gasteiger partial charge in [-0.3, -0.25) is 0 Å². The smallest absolute Gasteiger partial charge is 4.00 e. The molecule has 0 amide bonds. The predicted molar refractivity (Wildman–Crippen MR) is 248 cm³/mol. The summed E-state index contributed by atoms with van der Waals surface area (Å²) in [4.78, 5) is 0. The van der Waals surface area contributed by atoms with Crippen LogP contribution in [0.2, 0.25) is 35.3 Å². The molecule has 0 bridgehead atoms. The van der Waals surface area contributed by atoms with Gasteiger partial charge >= 0.3 is 64.1 Å². The molecule has 0 aromatic rings. The first kappa shape index (κ1) is 58.4. The van der Waals surface area contributed by atoms with Crippen LogP contribution in [0.1, 0.15) is 154 Å². The van der Waals surface area contributed by atoms with E-state index in [0.29, 0.717) is 0 Å². The van der Waals surface area contributed by atoms with Crippen LogP contribution < -0.4 is 0 Å². The van der Waals surface area contributed by atoms with Crippen LogP contribution >= 0.6 is 17.0 Å². The van der Waals surface area contributed by atoms with Crippen molar-refractivity contribution in [3.63, 3.8) is 0 Å². The van der Waals surface area contributed by atoms with Crippen molar-refractivity contribution >= 4 is 33.2 Å². The minimum absolute atomic E-state index is 0. The maximum atomic E-state index is 4.93. The van der Waals surface area contributed by atoms with Gasteiger partial charge < -0.3 is 44.6 Å². The van der Waals surface area contributed by atoms with Gasteiger partial charge in [0.2, 0.25) is 0 Å². The summed E-state index contributed by atoms with van der Waals surface area (Å²) < 4.78 is 0. The summed E-state index contributed by atoms with van der Waals surface area (Å²) >= 11 is -0.826. The number of rotatable bonds is 6. The van der Waals surface area contributed by atoms with Crippen molar-refractivity contribution in [2.45, 2.75) is 189 Å². The number of hydrogen-bond acceptors (Lipinski definition) is 0. The van der Waals surface area contributed by atoms with Gasteiger partial charge in [0.25, 0.3) is 0 Å². The third kappa shape index (κ3) is 12.2. The molecule has 0 nitrogen and oxygen atoms in total. The van der Waals surface area contributed by atoms with E-state index in [9.17, 15) is 0 Å². The molecule has 8 fully saturated rings. The summed E-state index contributed by atoms with van der Waals surface area (Å²) in [5.74, 6) is 8.83. The molecule has 0 aromatic carbocycles. The molecule has 6 heteroatoms. The fourth-order valence-corrected chi connectivity index (χ4v) is 26.1. The molecule has 0 N–H and O–H groups in total. The minimum Gasteiger partial charge on any atom is 4.00 e. The molecule has 8 saturated carbocycles. The average molecular weight is 977 g/mol. The minimum atomic E-state index is -1.31. The second-order valence-electron chi connectivity index (χ2n) is 18.8. The summed E-state index contributed by atoms with van der Waals surface area (Å²) in [7, 11) is 7.25. The van der Waals surface area contributed by atoms with Crippen molar-refractivity contribution in [3.8, 4) is 0 Å². The molecule has 8 aliphatic rings. The van der Waals surface area contributed by atoms with Gasteiger partial charge in [-0.2, -0.15) is 0 Å². The summed E-state index contributed by atoms with van der Waals surface area (Å²) in [5.41, 5.74) is 9.55. The molecule has 0 radical (unpaired) electrons. The van der Waals surface area contributed by atoms with Crippen LogP contribution in [0.3, 0.4) is 0 Å². The van der Waals surface area contributed by atoms with Crippen molar-refractivity contribution in [2.75, 3.05) is 0 Å². The second-order valence-corrected chi connectivity index (χ2v) is 31.8. The molecule has 0 aliphatic heterocycles. The van der Waals surface area contributed by atoms with Gasteiger partial charge in [0, 0.05) is 0 Å². The summed E-state index contributed by atoms with van der Waals surface area (Å²) in [6, 6.07) is 0. The molecular weight excluding hydrogens is 886 g/mol. The molecule has 0 heterocycles. The Balaban J connectivity index is 0. The van der Waals surface area contributed by atoms with Crippen molar-refractivity contribution < 1.29 is 47.1 Å². The quantitative estimate of drug-likeness (QED) is 0.184. The zero-order chi connectivity index (χ0) is 33.0. The Hall–Kier alpha value is 2.26. The SMILES string of the molecule is C=C[Si](C)(C1CCC2CCCCC21)C1CCC2CCCCC21.C=C[Si](C)(C1CCC2CCCCC21)C1CCC2CCCCC21.[CH3-].[CH3-].[CH3-].[CH3-].[CH3-].[CH3-].[Cl][Zr+2][Cl].[Zr+4]. The van der Waals surface area contributed by atoms with E-state index >= 15 is 0 Å². The van der Waals surface area contributed by atoms with Crippen LogP contribution in [0, 0.1) is 91.9 Å². The van der Waals surface area contributed by atoms with Gasteiger partial charge in [0.05, 0.1) is 16.1 Å². The second kappa shape index (κ2) is 27.3. The van der Waals surface area contributed by atoms with Gasteiger partial charge in [0.1, 0.15) is 0 Å². The van der Waals surface area contributed by atoms with E-state index in [-0.39, 0.29) is 70.8 Å². The zero-order valence-electron chi connectivity index (χ0n) is 37.2. The first-order chi connectivity index (χ1) is 22.9. The van der Waals surface area contributed by atoms with Gasteiger partial charge in [-0.05, 0) is 69.5 Å². The molecule has 8 aliphatic carbocycles. The molecule has 12 unspecified atom stereocenters. The van der Waals surface area contributed by atoms with E-state index in [0.717, 1.165) is 69.5 Å². The normalized spacial score (nSPS) is 38.9. The number of fused-ring (bicyclic) bond motifs is 4. The van der Waals surface area contributed by atoms with E-state index in [1.807, 2.05) is 0 Å². The Bertz CT molecular complexity index is 883. The van der Waals surface area contributed by atoms with Crippen LogP contribution in [-0.4, -0.2) is 16.1 Å². The first-order valence-electron chi connectivity index (χ1n) is 21.1. The van der Waals surface area contributed by atoms with Crippen LogP contribution in [0.5, 0.6) is 0 Å². The van der Waals surface area contributed by atoms with Crippen molar-refractivity contribution in [3.05, 3.63) is 69.1 Å². The summed E-state index contributed by atoms with van der Waals surface area (Å²) in [5, 5.41) is 0. The monoisotopic (exact) mass is 972 g/mol. The third-order valence-electron chi connectivity index (χ3n) is 17.4. The van der Waals surface area contributed by atoms with Crippen LogP contribution in [0.15, 0.2) is 24.6 Å². The van der Waals surface area contributed by atoms with E-state index in [1.54, 1.807) is 103 Å². The topological polar surface area (TPSA) is 0 Å². The molecular formula is C48H90Cl2Si2Zr2. The predicted octanol–water partition coefficient (Wildman–Crippen LogP) is 17.5. The van der Waals surface area contributed by atoms with Gasteiger partial charge in [-0.25, -0.2) is 0 Å².